The first kappa shape index (κ1) is 22.7. The third-order valence-electron chi connectivity index (χ3n) is 2.60. The van der Waals surface area contributed by atoms with E-state index in [-0.39, 0.29) is 61.2 Å². The Hall–Kier alpha value is -1.61. The Bertz CT molecular complexity index is 498. The zero-order chi connectivity index (χ0) is 15.1. The molecule has 1 unspecified atom stereocenters. The van der Waals surface area contributed by atoms with E-state index in [4.69, 9.17) is 20.9 Å². The summed E-state index contributed by atoms with van der Waals surface area (Å²) in [6, 6.07) is 1.40. The highest BCUT2D eigenvalue weighted by Crippen LogP contribution is 2.18. The van der Waals surface area contributed by atoms with E-state index in [2.05, 4.69) is 10.3 Å². The van der Waals surface area contributed by atoms with E-state index < -0.39 is 5.91 Å². The molecule has 0 aromatic carbocycles. The van der Waals surface area contributed by atoms with Gasteiger partial charge in [0.1, 0.15) is 5.56 Å². The highest BCUT2D eigenvalue weighted by atomic mass is 35.5. The van der Waals surface area contributed by atoms with Crippen LogP contribution in [0.2, 0.25) is 0 Å². The minimum Gasteiger partial charge on any atom is -0.480 e. The summed E-state index contributed by atoms with van der Waals surface area (Å²) < 4.78 is 9.92. The van der Waals surface area contributed by atoms with E-state index >= 15 is 0 Å². The van der Waals surface area contributed by atoms with Gasteiger partial charge in [0, 0.05) is 13.7 Å². The van der Waals surface area contributed by atoms with Gasteiger partial charge in [-0.05, 0) is 6.07 Å². The molecule has 0 bridgehead atoms. The summed E-state index contributed by atoms with van der Waals surface area (Å²) in [5.41, 5.74) is 11.1. The number of carbonyl (C=O) groups is 2. The lowest BCUT2D eigenvalue weighted by atomic mass is 10.2. The second kappa shape index (κ2) is 11.0. The summed E-state index contributed by atoms with van der Waals surface area (Å²) in [5, 5.41) is 2.59. The molecule has 0 radical (unpaired) electrons. The average molecular weight is 355 g/mol. The third kappa shape index (κ3) is 6.44. The van der Waals surface area contributed by atoms with Crippen molar-refractivity contribution in [3.63, 3.8) is 0 Å². The van der Waals surface area contributed by atoms with E-state index in [0.717, 1.165) is 0 Å². The van der Waals surface area contributed by atoms with Crippen molar-refractivity contribution in [2.24, 2.45) is 11.5 Å². The fourth-order valence-electron chi connectivity index (χ4n) is 1.54. The molecule has 1 rings (SSSR count). The van der Waals surface area contributed by atoms with Crippen LogP contribution in [0.3, 0.4) is 0 Å². The first-order valence-electron chi connectivity index (χ1n) is 5.88. The standard InChI is InChI=1S/C12H18N4O4.2ClH/c1-19-8(5-13)4-10(17)16-7-3-9(11(14)18)12(20-2)15-6-7;;/h3,6,8H,4-5,13H2,1-2H3,(H2,14,18)(H,16,17);2*1H. The summed E-state index contributed by atoms with van der Waals surface area (Å²) in [6.45, 7) is 0.233. The number of primary amides is 1. The topological polar surface area (TPSA) is 130 Å². The number of nitrogens with one attached hydrogen (secondary N) is 1. The Kier molecular flexibility index (Phi) is 11.4. The van der Waals surface area contributed by atoms with Crippen LogP contribution in [0, 0.1) is 0 Å². The summed E-state index contributed by atoms with van der Waals surface area (Å²) in [7, 11) is 2.85. The summed E-state index contributed by atoms with van der Waals surface area (Å²) in [5.74, 6) is -0.890. The number of rotatable bonds is 7. The Morgan fingerprint density at radius 2 is 2.00 bits per heavy atom. The van der Waals surface area contributed by atoms with Gasteiger partial charge in [-0.25, -0.2) is 4.98 Å². The molecule has 2 amide bonds. The Balaban J connectivity index is 0. The number of halogens is 2. The fourth-order valence-corrected chi connectivity index (χ4v) is 1.54. The normalized spacial score (nSPS) is 10.7. The molecule has 0 spiro atoms. The van der Waals surface area contributed by atoms with Crippen LogP contribution in [0.1, 0.15) is 16.8 Å². The Labute approximate surface area is 140 Å². The van der Waals surface area contributed by atoms with Crippen molar-refractivity contribution in [2.75, 3.05) is 26.1 Å². The molecule has 0 saturated carbocycles. The highest BCUT2D eigenvalue weighted by Gasteiger charge is 2.15. The molecule has 1 aromatic heterocycles. The summed E-state index contributed by atoms with van der Waals surface area (Å²) in [6.07, 6.45) is 1.11. The highest BCUT2D eigenvalue weighted by molar-refractivity contribution is 5.97. The van der Waals surface area contributed by atoms with Gasteiger partial charge < -0.3 is 26.3 Å². The zero-order valence-electron chi connectivity index (χ0n) is 12.2. The maximum absolute atomic E-state index is 11.8. The minimum atomic E-state index is -0.692. The Morgan fingerprint density at radius 1 is 1.36 bits per heavy atom. The van der Waals surface area contributed by atoms with Crippen molar-refractivity contribution in [3.8, 4) is 5.88 Å². The van der Waals surface area contributed by atoms with Crippen LogP contribution in [-0.2, 0) is 9.53 Å². The van der Waals surface area contributed by atoms with Gasteiger partial charge in [0.05, 0.1) is 31.5 Å². The first-order valence-corrected chi connectivity index (χ1v) is 5.88. The molecule has 0 saturated heterocycles. The van der Waals surface area contributed by atoms with Crippen LogP contribution in [-0.4, -0.2) is 43.7 Å². The van der Waals surface area contributed by atoms with Crippen LogP contribution in [0.15, 0.2) is 12.3 Å². The molecular formula is C12H20Cl2N4O4. The molecule has 0 aliphatic rings. The number of anilines is 1. The van der Waals surface area contributed by atoms with Gasteiger partial charge in [-0.3, -0.25) is 9.59 Å². The largest absolute Gasteiger partial charge is 0.480 e. The summed E-state index contributed by atoms with van der Waals surface area (Å²) in [4.78, 5) is 26.9. The lowest BCUT2D eigenvalue weighted by molar-refractivity contribution is -0.118. The lowest BCUT2D eigenvalue weighted by Crippen LogP contribution is -2.28. The molecule has 8 nitrogen and oxygen atoms in total. The third-order valence-corrected chi connectivity index (χ3v) is 2.60. The molecular weight excluding hydrogens is 335 g/mol. The van der Waals surface area contributed by atoms with E-state index in [0.29, 0.717) is 5.69 Å². The quantitative estimate of drug-likeness (QED) is 0.647. The van der Waals surface area contributed by atoms with Crippen LogP contribution < -0.4 is 21.5 Å². The Morgan fingerprint density at radius 3 is 2.45 bits per heavy atom. The number of carbonyl (C=O) groups excluding carboxylic acids is 2. The van der Waals surface area contributed by atoms with Crippen molar-refractivity contribution < 1.29 is 19.1 Å². The second-order valence-corrected chi connectivity index (χ2v) is 3.99. The predicted molar refractivity (Wildman–Crippen MR) is 86.9 cm³/mol. The number of methoxy groups -OCH3 is 2. The van der Waals surface area contributed by atoms with Crippen molar-refractivity contribution in [1.29, 1.82) is 0 Å². The van der Waals surface area contributed by atoms with Crippen molar-refractivity contribution in [1.82, 2.24) is 4.98 Å². The molecule has 0 fully saturated rings. The minimum absolute atomic E-state index is 0. The lowest BCUT2D eigenvalue weighted by Gasteiger charge is -2.13. The maximum atomic E-state index is 11.8. The average Bonchev–Trinajstić information content (AvgIpc) is 2.44. The van der Waals surface area contributed by atoms with Crippen LogP contribution in [0.4, 0.5) is 5.69 Å². The van der Waals surface area contributed by atoms with Crippen LogP contribution >= 0.6 is 24.8 Å². The number of hydrogen-bond donors (Lipinski definition) is 3. The van der Waals surface area contributed by atoms with Gasteiger partial charge in [-0.2, -0.15) is 0 Å². The molecule has 22 heavy (non-hydrogen) atoms. The van der Waals surface area contributed by atoms with Crippen molar-refractivity contribution >= 4 is 42.3 Å². The number of ether oxygens (including phenoxy) is 2. The van der Waals surface area contributed by atoms with Crippen LogP contribution in [0.5, 0.6) is 5.88 Å². The van der Waals surface area contributed by atoms with Crippen molar-refractivity contribution in [2.45, 2.75) is 12.5 Å². The molecule has 5 N–H and O–H groups in total. The number of aromatic nitrogens is 1. The first-order chi connectivity index (χ1) is 9.51. The van der Waals surface area contributed by atoms with Gasteiger partial charge in [-0.1, -0.05) is 0 Å². The number of nitrogens with two attached hydrogens (primary N) is 2. The maximum Gasteiger partial charge on any atom is 0.254 e. The number of nitrogens with zero attached hydrogens (tertiary/aromatic N) is 1. The van der Waals surface area contributed by atoms with Gasteiger partial charge in [0.15, 0.2) is 0 Å². The smallest absolute Gasteiger partial charge is 0.254 e. The number of pyridine rings is 1. The van der Waals surface area contributed by atoms with E-state index in [9.17, 15) is 9.59 Å². The molecule has 10 heteroatoms. The second-order valence-electron chi connectivity index (χ2n) is 3.99. The molecule has 126 valence electrons. The monoisotopic (exact) mass is 354 g/mol. The summed E-state index contributed by atoms with van der Waals surface area (Å²) >= 11 is 0. The van der Waals surface area contributed by atoms with E-state index in [1.165, 1.54) is 26.5 Å². The van der Waals surface area contributed by atoms with Crippen molar-refractivity contribution in [3.05, 3.63) is 17.8 Å². The van der Waals surface area contributed by atoms with E-state index in [1.54, 1.807) is 0 Å². The molecule has 0 aliphatic carbocycles. The zero-order valence-corrected chi connectivity index (χ0v) is 13.8. The number of amides is 2. The molecule has 0 aliphatic heterocycles. The molecule has 1 aromatic rings. The SMILES string of the molecule is COc1ncc(NC(=O)CC(CN)OC)cc1C(N)=O.Cl.Cl. The number of hydrogen-bond acceptors (Lipinski definition) is 6. The van der Waals surface area contributed by atoms with Gasteiger partial charge >= 0.3 is 0 Å². The van der Waals surface area contributed by atoms with E-state index in [1.807, 2.05) is 0 Å². The molecule has 1 heterocycles. The van der Waals surface area contributed by atoms with Crippen LogP contribution in [0.25, 0.3) is 0 Å². The fraction of sp³-hybridized carbons (Fsp3) is 0.417. The van der Waals surface area contributed by atoms with Gasteiger partial charge in [0.25, 0.3) is 5.91 Å². The molecule has 1 atom stereocenters. The van der Waals surface area contributed by atoms with Gasteiger partial charge in [0.2, 0.25) is 11.8 Å². The predicted octanol–water partition coefficient (Wildman–Crippen LogP) is 0.335. The van der Waals surface area contributed by atoms with Gasteiger partial charge in [-0.15, -0.1) is 24.8 Å².